The minimum Gasteiger partial charge on any atom is -0.399 e. The first kappa shape index (κ1) is 13.4. The predicted octanol–water partition coefficient (Wildman–Crippen LogP) is 2.98. The highest BCUT2D eigenvalue weighted by Gasteiger charge is 2.13. The van der Waals surface area contributed by atoms with Gasteiger partial charge >= 0.3 is 0 Å². The summed E-state index contributed by atoms with van der Waals surface area (Å²) in [6.45, 7) is 4.69. The molecule has 108 valence electrons. The smallest absolute Gasteiger partial charge is 0.141 e. The van der Waals surface area contributed by atoms with Crippen molar-refractivity contribution in [1.82, 2.24) is 14.9 Å². The Balaban J connectivity index is 1.72. The van der Waals surface area contributed by atoms with Gasteiger partial charge in [0, 0.05) is 24.0 Å². The minimum atomic E-state index is 0.790. The van der Waals surface area contributed by atoms with Gasteiger partial charge in [-0.3, -0.25) is 4.68 Å². The number of aryl methyl sites for hydroxylation is 4. The van der Waals surface area contributed by atoms with Crippen LogP contribution in [-0.4, -0.2) is 14.9 Å². The molecule has 0 saturated carbocycles. The number of hydrogen-bond acceptors (Lipinski definition) is 4. The Kier molecular flexibility index (Phi) is 3.48. The number of anilines is 1. The molecule has 2 heterocycles. The fourth-order valence-electron chi connectivity index (χ4n) is 2.44. The summed E-state index contributed by atoms with van der Waals surface area (Å²) in [5.41, 5.74) is 10.7. The maximum Gasteiger partial charge on any atom is 0.141 e. The van der Waals surface area contributed by atoms with Gasteiger partial charge in [-0.15, -0.1) is 0 Å². The number of hydrogen-bond donors (Lipinski definition) is 1. The molecule has 0 aliphatic heterocycles. The van der Waals surface area contributed by atoms with Gasteiger partial charge < -0.3 is 10.3 Å². The molecule has 3 rings (SSSR count). The van der Waals surface area contributed by atoms with Crippen molar-refractivity contribution >= 4 is 5.69 Å². The van der Waals surface area contributed by atoms with Crippen LogP contribution in [0.25, 0.3) is 11.1 Å². The van der Waals surface area contributed by atoms with Crippen molar-refractivity contribution in [2.75, 3.05) is 5.73 Å². The zero-order chi connectivity index (χ0) is 14.8. The van der Waals surface area contributed by atoms with Crippen molar-refractivity contribution in [3.8, 4) is 11.1 Å². The van der Waals surface area contributed by atoms with E-state index in [1.165, 1.54) is 5.56 Å². The van der Waals surface area contributed by atoms with Crippen molar-refractivity contribution in [2.24, 2.45) is 0 Å². The van der Waals surface area contributed by atoms with Crippen LogP contribution in [0.3, 0.4) is 0 Å². The van der Waals surface area contributed by atoms with Crippen molar-refractivity contribution < 1.29 is 4.52 Å². The molecule has 5 heteroatoms. The summed E-state index contributed by atoms with van der Waals surface area (Å²) in [7, 11) is 0. The van der Waals surface area contributed by atoms with Gasteiger partial charge in [0.25, 0.3) is 0 Å². The van der Waals surface area contributed by atoms with E-state index in [2.05, 4.69) is 10.3 Å². The standard InChI is InChI=1S/C16H18N4O/c1-11-16(12(2)21-19-11)14-9-18-20(10-14)8-7-13-3-5-15(17)6-4-13/h3-6,9-10H,7-8,17H2,1-2H3. The Morgan fingerprint density at radius 3 is 2.62 bits per heavy atom. The van der Waals surface area contributed by atoms with E-state index in [1.54, 1.807) is 0 Å². The van der Waals surface area contributed by atoms with Gasteiger partial charge in [0.15, 0.2) is 0 Å². The van der Waals surface area contributed by atoms with Gasteiger partial charge in [-0.05, 0) is 38.0 Å². The second kappa shape index (κ2) is 5.44. The Morgan fingerprint density at radius 1 is 1.19 bits per heavy atom. The molecule has 0 radical (unpaired) electrons. The number of rotatable bonds is 4. The number of nitrogens with zero attached hydrogens (tertiary/aromatic N) is 3. The van der Waals surface area contributed by atoms with Crippen LogP contribution in [0.4, 0.5) is 5.69 Å². The molecular weight excluding hydrogens is 264 g/mol. The summed E-state index contributed by atoms with van der Waals surface area (Å²) in [6.07, 6.45) is 4.81. The van der Waals surface area contributed by atoms with Gasteiger partial charge in [-0.25, -0.2) is 0 Å². The number of aromatic nitrogens is 3. The third-order valence-electron chi connectivity index (χ3n) is 3.56. The molecule has 0 atom stereocenters. The lowest BCUT2D eigenvalue weighted by molar-refractivity contribution is 0.393. The van der Waals surface area contributed by atoms with Gasteiger partial charge in [-0.1, -0.05) is 17.3 Å². The molecule has 0 bridgehead atoms. The van der Waals surface area contributed by atoms with Crippen LogP contribution in [0, 0.1) is 13.8 Å². The highest BCUT2D eigenvalue weighted by atomic mass is 16.5. The quantitative estimate of drug-likeness (QED) is 0.747. The molecule has 0 saturated heterocycles. The van der Waals surface area contributed by atoms with Crippen LogP contribution in [-0.2, 0) is 13.0 Å². The van der Waals surface area contributed by atoms with Crippen LogP contribution in [0.15, 0.2) is 41.2 Å². The second-order valence-electron chi connectivity index (χ2n) is 5.18. The number of benzene rings is 1. The summed E-state index contributed by atoms with van der Waals surface area (Å²) in [6, 6.07) is 7.95. The summed E-state index contributed by atoms with van der Waals surface area (Å²) in [4.78, 5) is 0. The molecule has 0 aliphatic carbocycles. The van der Waals surface area contributed by atoms with Crippen molar-refractivity contribution in [3.63, 3.8) is 0 Å². The number of nitrogens with two attached hydrogens (primary N) is 1. The maximum absolute atomic E-state index is 5.69. The molecule has 1 aromatic carbocycles. The maximum atomic E-state index is 5.69. The Hall–Kier alpha value is -2.56. The Bertz CT molecular complexity index is 720. The lowest BCUT2D eigenvalue weighted by Crippen LogP contribution is -2.01. The van der Waals surface area contributed by atoms with E-state index in [4.69, 9.17) is 10.3 Å². The highest BCUT2D eigenvalue weighted by molar-refractivity contribution is 5.65. The van der Waals surface area contributed by atoms with Crippen LogP contribution in [0.5, 0.6) is 0 Å². The average molecular weight is 282 g/mol. The summed E-state index contributed by atoms with van der Waals surface area (Å²) >= 11 is 0. The van der Waals surface area contributed by atoms with E-state index in [-0.39, 0.29) is 0 Å². The van der Waals surface area contributed by atoms with Crippen molar-refractivity contribution in [2.45, 2.75) is 26.8 Å². The molecule has 2 N–H and O–H groups in total. The largest absolute Gasteiger partial charge is 0.399 e. The second-order valence-corrected chi connectivity index (χ2v) is 5.18. The lowest BCUT2D eigenvalue weighted by Gasteiger charge is -2.02. The first-order chi connectivity index (χ1) is 10.1. The number of nitrogen functional groups attached to an aromatic ring is 1. The summed E-state index contributed by atoms with van der Waals surface area (Å²) in [5.74, 6) is 0.825. The van der Waals surface area contributed by atoms with E-state index in [0.717, 1.165) is 41.2 Å². The first-order valence-corrected chi connectivity index (χ1v) is 6.93. The van der Waals surface area contributed by atoms with Crippen molar-refractivity contribution in [3.05, 3.63) is 53.7 Å². The van der Waals surface area contributed by atoms with Gasteiger partial charge in [0.1, 0.15) is 5.76 Å². The Labute approximate surface area is 123 Å². The third-order valence-corrected chi connectivity index (χ3v) is 3.56. The zero-order valence-electron chi connectivity index (χ0n) is 12.2. The van der Waals surface area contributed by atoms with Crippen molar-refractivity contribution in [1.29, 1.82) is 0 Å². The lowest BCUT2D eigenvalue weighted by atomic mass is 10.1. The molecular formula is C16H18N4O. The monoisotopic (exact) mass is 282 g/mol. The Morgan fingerprint density at radius 2 is 1.95 bits per heavy atom. The van der Waals surface area contributed by atoms with Crippen LogP contribution >= 0.6 is 0 Å². The predicted molar refractivity (Wildman–Crippen MR) is 81.8 cm³/mol. The van der Waals surface area contributed by atoms with Crippen LogP contribution in [0.2, 0.25) is 0 Å². The summed E-state index contributed by atoms with van der Waals surface area (Å²) in [5, 5.41) is 8.39. The van der Waals surface area contributed by atoms with E-state index < -0.39 is 0 Å². The molecule has 0 unspecified atom stereocenters. The molecule has 3 aromatic rings. The molecule has 0 aliphatic rings. The third kappa shape index (κ3) is 2.81. The summed E-state index contributed by atoms with van der Waals surface area (Å²) < 4.78 is 7.14. The fourth-order valence-corrected chi connectivity index (χ4v) is 2.44. The molecule has 5 nitrogen and oxygen atoms in total. The molecule has 2 aromatic heterocycles. The highest BCUT2D eigenvalue weighted by Crippen LogP contribution is 2.26. The molecule has 0 amide bonds. The normalized spacial score (nSPS) is 11.0. The zero-order valence-corrected chi connectivity index (χ0v) is 12.2. The fraction of sp³-hybridized carbons (Fsp3) is 0.250. The minimum absolute atomic E-state index is 0.790. The van der Waals surface area contributed by atoms with E-state index in [9.17, 15) is 0 Å². The SMILES string of the molecule is Cc1noc(C)c1-c1cnn(CCc2ccc(N)cc2)c1. The topological polar surface area (TPSA) is 69.9 Å². The first-order valence-electron chi connectivity index (χ1n) is 6.93. The van der Waals surface area contributed by atoms with Crippen LogP contribution in [0.1, 0.15) is 17.0 Å². The van der Waals surface area contributed by atoms with E-state index in [0.29, 0.717) is 0 Å². The van der Waals surface area contributed by atoms with Crippen LogP contribution < -0.4 is 5.73 Å². The molecule has 0 spiro atoms. The van der Waals surface area contributed by atoms with E-state index >= 15 is 0 Å². The van der Waals surface area contributed by atoms with Gasteiger partial charge in [0.2, 0.25) is 0 Å². The van der Waals surface area contributed by atoms with E-state index in [1.807, 2.05) is 55.2 Å². The van der Waals surface area contributed by atoms with Gasteiger partial charge in [-0.2, -0.15) is 5.10 Å². The molecule has 21 heavy (non-hydrogen) atoms. The molecule has 0 fully saturated rings. The average Bonchev–Trinajstić information content (AvgIpc) is 3.05. The van der Waals surface area contributed by atoms with Gasteiger partial charge in [0.05, 0.1) is 17.5 Å².